The molecule has 0 aliphatic rings. The number of pyridine rings is 1. The molecule has 1 amide bonds. The van der Waals surface area contributed by atoms with Crippen molar-refractivity contribution < 1.29 is 14.3 Å². The van der Waals surface area contributed by atoms with Gasteiger partial charge in [-0.2, -0.15) is 0 Å². The van der Waals surface area contributed by atoms with E-state index < -0.39 is 6.10 Å². The summed E-state index contributed by atoms with van der Waals surface area (Å²) in [6, 6.07) is 13.9. The summed E-state index contributed by atoms with van der Waals surface area (Å²) in [6.45, 7) is 1.74. The highest BCUT2D eigenvalue weighted by Crippen LogP contribution is 2.21. The summed E-state index contributed by atoms with van der Waals surface area (Å²) >= 11 is 0. The Bertz CT molecular complexity index is 947. The smallest absolute Gasteiger partial charge is 0.248 e. The first kappa shape index (κ1) is 17.6. The van der Waals surface area contributed by atoms with E-state index in [2.05, 4.69) is 15.3 Å². The van der Waals surface area contributed by atoms with E-state index in [1.807, 2.05) is 30.3 Å². The van der Waals surface area contributed by atoms with Crippen molar-refractivity contribution in [3.8, 4) is 11.5 Å². The van der Waals surface area contributed by atoms with E-state index in [9.17, 15) is 14.7 Å². The van der Waals surface area contributed by atoms with Gasteiger partial charge in [0.1, 0.15) is 11.9 Å². The molecule has 1 aromatic carbocycles. The van der Waals surface area contributed by atoms with Crippen LogP contribution in [0.3, 0.4) is 0 Å². The number of benzene rings is 1. The first-order chi connectivity index (χ1) is 12.5. The van der Waals surface area contributed by atoms with Gasteiger partial charge in [-0.15, -0.1) is 0 Å². The molecule has 134 valence electrons. The minimum atomic E-state index is -0.994. The number of carbonyl (C=O) groups is 1. The van der Waals surface area contributed by atoms with E-state index in [-0.39, 0.29) is 24.4 Å². The van der Waals surface area contributed by atoms with Crippen LogP contribution in [0, 0.1) is 6.92 Å². The number of nitrogens with zero attached hydrogens (tertiary/aromatic N) is 1. The van der Waals surface area contributed by atoms with Crippen LogP contribution < -0.4 is 10.9 Å². The molecule has 0 radical (unpaired) electrons. The first-order valence-corrected chi connectivity index (χ1v) is 8.18. The number of hydrogen-bond donors (Lipinski definition) is 3. The number of aromatic amines is 1. The standard InChI is InChI=1S/C19H19N3O4/c1-12-15(22-19(26-12)13-6-3-2-4-7-13)10-18(25)20-11-16(23)14-8-5-9-17(24)21-14/h2-9,16,23H,10-11H2,1H3,(H,20,25)(H,21,24). The van der Waals surface area contributed by atoms with Crippen LogP contribution in [0.15, 0.2) is 57.7 Å². The zero-order valence-corrected chi connectivity index (χ0v) is 14.2. The lowest BCUT2D eigenvalue weighted by Gasteiger charge is -2.11. The van der Waals surface area contributed by atoms with Gasteiger partial charge in [-0.05, 0) is 25.1 Å². The fourth-order valence-electron chi connectivity index (χ4n) is 2.49. The van der Waals surface area contributed by atoms with Crippen LogP contribution in [-0.4, -0.2) is 27.5 Å². The number of carbonyl (C=O) groups excluding carboxylic acids is 1. The zero-order valence-electron chi connectivity index (χ0n) is 14.2. The fraction of sp³-hybridized carbons (Fsp3) is 0.211. The second-order valence-corrected chi connectivity index (χ2v) is 5.85. The largest absolute Gasteiger partial charge is 0.441 e. The third kappa shape index (κ3) is 4.25. The Balaban J connectivity index is 1.60. The minimum Gasteiger partial charge on any atom is -0.441 e. The van der Waals surface area contributed by atoms with Crippen molar-refractivity contribution in [2.75, 3.05) is 6.54 Å². The molecule has 3 rings (SSSR count). The van der Waals surface area contributed by atoms with Gasteiger partial charge in [0.05, 0.1) is 12.1 Å². The van der Waals surface area contributed by atoms with Crippen molar-refractivity contribution in [1.82, 2.24) is 15.3 Å². The third-order valence-electron chi connectivity index (χ3n) is 3.88. The van der Waals surface area contributed by atoms with E-state index in [0.29, 0.717) is 23.0 Å². The number of aliphatic hydroxyl groups excluding tert-OH is 1. The molecule has 7 heteroatoms. The maximum atomic E-state index is 12.1. The van der Waals surface area contributed by atoms with Crippen LogP contribution in [0.4, 0.5) is 0 Å². The number of amides is 1. The molecule has 0 fully saturated rings. The van der Waals surface area contributed by atoms with Crippen LogP contribution in [0.2, 0.25) is 0 Å². The fourth-order valence-corrected chi connectivity index (χ4v) is 2.49. The predicted octanol–water partition coefficient (Wildman–Crippen LogP) is 1.73. The molecule has 2 heterocycles. The van der Waals surface area contributed by atoms with Gasteiger partial charge in [0, 0.05) is 23.9 Å². The maximum absolute atomic E-state index is 12.1. The van der Waals surface area contributed by atoms with Gasteiger partial charge in [-0.3, -0.25) is 9.59 Å². The highest BCUT2D eigenvalue weighted by Gasteiger charge is 2.16. The van der Waals surface area contributed by atoms with Gasteiger partial charge in [0.15, 0.2) is 0 Å². The van der Waals surface area contributed by atoms with Crippen LogP contribution in [-0.2, 0) is 11.2 Å². The average molecular weight is 353 g/mol. The van der Waals surface area contributed by atoms with E-state index >= 15 is 0 Å². The van der Waals surface area contributed by atoms with Crippen molar-refractivity contribution in [1.29, 1.82) is 0 Å². The predicted molar refractivity (Wildman–Crippen MR) is 95.4 cm³/mol. The molecule has 0 saturated heterocycles. The molecule has 0 saturated carbocycles. The van der Waals surface area contributed by atoms with Crippen molar-refractivity contribution in [3.05, 3.63) is 76.0 Å². The van der Waals surface area contributed by atoms with E-state index in [0.717, 1.165) is 5.56 Å². The molecule has 3 N–H and O–H groups in total. The minimum absolute atomic E-state index is 0.0127. The molecule has 26 heavy (non-hydrogen) atoms. The number of aryl methyl sites for hydroxylation is 1. The van der Waals surface area contributed by atoms with Gasteiger partial charge in [0.25, 0.3) is 0 Å². The Morgan fingerprint density at radius 2 is 2.00 bits per heavy atom. The van der Waals surface area contributed by atoms with Gasteiger partial charge in [0.2, 0.25) is 17.4 Å². The van der Waals surface area contributed by atoms with Crippen molar-refractivity contribution in [2.24, 2.45) is 0 Å². The molecule has 0 spiro atoms. The highest BCUT2D eigenvalue weighted by atomic mass is 16.4. The number of aromatic nitrogens is 2. The molecule has 0 bridgehead atoms. The Kier molecular flexibility index (Phi) is 5.28. The van der Waals surface area contributed by atoms with E-state index in [4.69, 9.17) is 4.42 Å². The molecule has 1 unspecified atom stereocenters. The Morgan fingerprint density at radius 3 is 2.73 bits per heavy atom. The van der Waals surface area contributed by atoms with Crippen molar-refractivity contribution >= 4 is 5.91 Å². The lowest BCUT2D eigenvalue weighted by atomic mass is 10.2. The number of rotatable bonds is 6. The molecule has 0 aliphatic heterocycles. The third-order valence-corrected chi connectivity index (χ3v) is 3.88. The average Bonchev–Trinajstić information content (AvgIpc) is 3.01. The van der Waals surface area contributed by atoms with E-state index in [1.54, 1.807) is 19.1 Å². The zero-order chi connectivity index (χ0) is 18.5. The number of aliphatic hydroxyl groups is 1. The van der Waals surface area contributed by atoms with Gasteiger partial charge < -0.3 is 19.8 Å². The summed E-state index contributed by atoms with van der Waals surface area (Å²) in [5, 5.41) is 12.7. The topological polar surface area (TPSA) is 108 Å². The van der Waals surface area contributed by atoms with E-state index in [1.165, 1.54) is 6.07 Å². The number of H-pyrrole nitrogens is 1. The van der Waals surface area contributed by atoms with Gasteiger partial charge >= 0.3 is 0 Å². The first-order valence-electron chi connectivity index (χ1n) is 8.18. The van der Waals surface area contributed by atoms with Crippen LogP contribution >= 0.6 is 0 Å². The van der Waals surface area contributed by atoms with Crippen LogP contribution in [0.1, 0.15) is 23.3 Å². The van der Waals surface area contributed by atoms with Crippen molar-refractivity contribution in [3.63, 3.8) is 0 Å². The van der Waals surface area contributed by atoms with Crippen molar-refractivity contribution in [2.45, 2.75) is 19.4 Å². The van der Waals surface area contributed by atoms with Gasteiger partial charge in [-0.25, -0.2) is 4.98 Å². The normalized spacial score (nSPS) is 11.9. The number of nitrogens with one attached hydrogen (secondary N) is 2. The molecular weight excluding hydrogens is 334 g/mol. The Hall–Kier alpha value is -3.19. The molecule has 3 aromatic rings. The molecule has 2 aromatic heterocycles. The van der Waals surface area contributed by atoms with Crippen LogP contribution in [0.5, 0.6) is 0 Å². The second-order valence-electron chi connectivity index (χ2n) is 5.85. The SMILES string of the molecule is Cc1oc(-c2ccccc2)nc1CC(=O)NCC(O)c1cccc(=O)[nH]1. The summed E-state index contributed by atoms with van der Waals surface area (Å²) in [6.07, 6.45) is -0.952. The summed E-state index contributed by atoms with van der Waals surface area (Å²) in [5.41, 5.74) is 1.43. The number of oxazole rings is 1. The molecule has 7 nitrogen and oxygen atoms in total. The molecule has 0 aliphatic carbocycles. The quantitative estimate of drug-likeness (QED) is 0.625. The summed E-state index contributed by atoms with van der Waals surface area (Å²) < 4.78 is 5.63. The highest BCUT2D eigenvalue weighted by molar-refractivity contribution is 5.78. The summed E-state index contributed by atoms with van der Waals surface area (Å²) in [7, 11) is 0. The maximum Gasteiger partial charge on any atom is 0.248 e. The Morgan fingerprint density at radius 1 is 1.23 bits per heavy atom. The lowest BCUT2D eigenvalue weighted by Crippen LogP contribution is -2.30. The lowest BCUT2D eigenvalue weighted by molar-refractivity contribution is -0.121. The summed E-state index contributed by atoms with van der Waals surface area (Å²) in [5.74, 6) is 0.748. The summed E-state index contributed by atoms with van der Waals surface area (Å²) in [4.78, 5) is 30.3. The molecular formula is C19H19N3O4. The van der Waals surface area contributed by atoms with Crippen LogP contribution in [0.25, 0.3) is 11.5 Å². The monoisotopic (exact) mass is 353 g/mol. The number of hydrogen-bond acceptors (Lipinski definition) is 5. The molecule has 1 atom stereocenters. The second kappa shape index (κ2) is 7.79. The Labute approximate surface area is 149 Å². The van der Waals surface area contributed by atoms with Gasteiger partial charge in [-0.1, -0.05) is 24.3 Å².